The van der Waals surface area contributed by atoms with Crippen molar-refractivity contribution in [3.8, 4) is 0 Å². The first-order valence-corrected chi connectivity index (χ1v) is 9.39. The van der Waals surface area contributed by atoms with Gasteiger partial charge in [-0.05, 0) is 36.4 Å². The molecule has 7 nitrogen and oxygen atoms in total. The number of nitrogens with zero attached hydrogens (tertiary/aromatic N) is 4. The molecule has 3 aromatic rings. The van der Waals surface area contributed by atoms with Crippen molar-refractivity contribution in [3.05, 3.63) is 47.2 Å². The van der Waals surface area contributed by atoms with Crippen LogP contribution in [0, 0.1) is 0 Å². The zero-order valence-electron chi connectivity index (χ0n) is 14.3. The van der Waals surface area contributed by atoms with Crippen LogP contribution in [-0.2, 0) is 0 Å². The molecule has 0 bridgehead atoms. The zero-order valence-corrected chi connectivity index (χ0v) is 15.1. The fourth-order valence-electron chi connectivity index (χ4n) is 3.06. The van der Waals surface area contributed by atoms with E-state index < -0.39 is 6.10 Å². The van der Waals surface area contributed by atoms with Crippen LogP contribution in [0.3, 0.4) is 0 Å². The van der Waals surface area contributed by atoms with E-state index in [1.54, 1.807) is 17.3 Å². The fourth-order valence-corrected chi connectivity index (χ4v) is 3.87. The Labute approximate surface area is 154 Å². The largest absolute Gasteiger partial charge is 0.391 e. The van der Waals surface area contributed by atoms with E-state index in [-0.39, 0.29) is 11.9 Å². The molecule has 1 saturated heterocycles. The predicted octanol–water partition coefficient (Wildman–Crippen LogP) is 2.47. The van der Waals surface area contributed by atoms with Crippen LogP contribution in [0.5, 0.6) is 0 Å². The quantitative estimate of drug-likeness (QED) is 0.734. The summed E-state index contributed by atoms with van der Waals surface area (Å²) in [5.74, 6) is 0.254. The van der Waals surface area contributed by atoms with E-state index in [1.807, 2.05) is 30.5 Å². The summed E-state index contributed by atoms with van der Waals surface area (Å²) in [6.45, 7) is 2.90. The maximum atomic E-state index is 12.9. The molecule has 1 amide bonds. The summed E-state index contributed by atoms with van der Waals surface area (Å²) in [4.78, 5) is 27.7. The van der Waals surface area contributed by atoms with E-state index in [2.05, 4.69) is 20.3 Å². The Balaban J connectivity index is 1.65. The predicted molar refractivity (Wildman–Crippen MR) is 100 cm³/mol. The number of pyridine rings is 1. The highest BCUT2D eigenvalue weighted by Crippen LogP contribution is 2.27. The number of rotatable bonds is 4. The number of β-amino-alcohol motifs (C(OH)–C–C–N with tert-alkyl or cyclic N) is 1. The molecule has 0 spiro atoms. The molecule has 4 rings (SSSR count). The molecule has 1 aliphatic heterocycles. The maximum Gasteiger partial charge on any atom is 0.274 e. The van der Waals surface area contributed by atoms with Crippen LogP contribution < -0.4 is 5.32 Å². The van der Waals surface area contributed by atoms with Gasteiger partial charge in [-0.3, -0.25) is 9.78 Å². The second-order valence-electron chi connectivity index (χ2n) is 6.38. The van der Waals surface area contributed by atoms with Crippen molar-refractivity contribution in [3.63, 3.8) is 0 Å². The van der Waals surface area contributed by atoms with Gasteiger partial charge in [-0.2, -0.15) is 0 Å². The fraction of sp³-hybridized carbons (Fsp3) is 0.333. The number of likely N-dealkylation sites (tertiary alicyclic amines) is 1. The number of aliphatic hydroxyl groups is 1. The topological polar surface area (TPSA) is 91.2 Å². The Bertz CT molecular complexity index is 930. The summed E-state index contributed by atoms with van der Waals surface area (Å²) in [5, 5.41) is 14.9. The second kappa shape index (κ2) is 6.97. The van der Waals surface area contributed by atoms with Gasteiger partial charge in [0, 0.05) is 25.5 Å². The number of fused-ring (bicyclic) bond motifs is 1. The molecule has 0 saturated carbocycles. The number of carbonyl (C=O) groups is 1. The zero-order chi connectivity index (χ0) is 18.1. The summed E-state index contributed by atoms with van der Waals surface area (Å²) < 4.78 is 0.774. The Morgan fingerprint density at radius 1 is 1.42 bits per heavy atom. The number of aliphatic hydroxyl groups excluding tert-OH is 1. The number of hydrogen-bond acceptors (Lipinski definition) is 7. The van der Waals surface area contributed by atoms with Gasteiger partial charge < -0.3 is 15.3 Å². The highest BCUT2D eigenvalue weighted by molar-refractivity contribution is 7.17. The highest BCUT2D eigenvalue weighted by atomic mass is 32.1. The van der Waals surface area contributed by atoms with E-state index in [4.69, 9.17) is 0 Å². The summed E-state index contributed by atoms with van der Waals surface area (Å²) in [5.41, 5.74) is 2.14. The molecule has 0 radical (unpaired) electrons. The SMILES string of the molecule is CC(Nc1nc(C(=O)N2CC[C@H](O)C2)c2sccc2n1)c1cccnc1. The van der Waals surface area contributed by atoms with Crippen molar-refractivity contribution in [2.75, 3.05) is 18.4 Å². The van der Waals surface area contributed by atoms with Gasteiger partial charge in [0.15, 0.2) is 5.69 Å². The standard InChI is InChI=1S/C18H19N5O2S/c1-11(12-3-2-6-19-9-12)20-18-21-14-5-8-26-16(14)15(22-18)17(25)23-7-4-13(24)10-23/h2-3,5-6,8-9,11,13,24H,4,7,10H2,1H3,(H,20,21,22)/t11?,13-/m0/s1. The lowest BCUT2D eigenvalue weighted by molar-refractivity contribution is 0.0761. The molecular formula is C18H19N5O2S. The lowest BCUT2D eigenvalue weighted by Gasteiger charge is -2.17. The first-order chi connectivity index (χ1) is 12.6. The van der Waals surface area contributed by atoms with Crippen molar-refractivity contribution in [1.82, 2.24) is 19.9 Å². The van der Waals surface area contributed by atoms with Gasteiger partial charge in [0.05, 0.1) is 22.4 Å². The Kier molecular flexibility index (Phi) is 4.52. The van der Waals surface area contributed by atoms with Crippen LogP contribution in [0.2, 0.25) is 0 Å². The van der Waals surface area contributed by atoms with Gasteiger partial charge in [0.2, 0.25) is 5.95 Å². The second-order valence-corrected chi connectivity index (χ2v) is 7.29. The monoisotopic (exact) mass is 369 g/mol. The number of carbonyl (C=O) groups excluding carboxylic acids is 1. The van der Waals surface area contributed by atoms with Crippen molar-refractivity contribution < 1.29 is 9.90 Å². The summed E-state index contributed by atoms with van der Waals surface area (Å²) in [6, 6.07) is 5.70. The first-order valence-electron chi connectivity index (χ1n) is 8.51. The van der Waals surface area contributed by atoms with Gasteiger partial charge in [0.25, 0.3) is 5.91 Å². The van der Waals surface area contributed by atoms with Gasteiger partial charge in [-0.15, -0.1) is 11.3 Å². The molecule has 2 atom stereocenters. The third-order valence-electron chi connectivity index (χ3n) is 4.49. The van der Waals surface area contributed by atoms with Gasteiger partial charge in [-0.25, -0.2) is 9.97 Å². The highest BCUT2D eigenvalue weighted by Gasteiger charge is 2.28. The third-order valence-corrected chi connectivity index (χ3v) is 5.40. The maximum absolute atomic E-state index is 12.9. The molecule has 26 heavy (non-hydrogen) atoms. The van der Waals surface area contributed by atoms with Gasteiger partial charge >= 0.3 is 0 Å². The normalized spacial score (nSPS) is 18.2. The van der Waals surface area contributed by atoms with Gasteiger partial charge in [-0.1, -0.05) is 6.07 Å². The minimum Gasteiger partial charge on any atom is -0.391 e. The number of anilines is 1. The molecule has 4 heterocycles. The van der Waals surface area contributed by atoms with Crippen LogP contribution in [-0.4, -0.2) is 50.1 Å². The van der Waals surface area contributed by atoms with Crippen molar-refractivity contribution >= 4 is 33.4 Å². The Morgan fingerprint density at radius 3 is 3.04 bits per heavy atom. The average molecular weight is 369 g/mol. The Morgan fingerprint density at radius 2 is 2.31 bits per heavy atom. The van der Waals surface area contributed by atoms with E-state index in [0.29, 0.717) is 31.2 Å². The van der Waals surface area contributed by atoms with Crippen LogP contribution >= 0.6 is 11.3 Å². The van der Waals surface area contributed by atoms with Crippen molar-refractivity contribution in [1.29, 1.82) is 0 Å². The Hall–Kier alpha value is -2.58. The molecule has 2 N–H and O–H groups in total. The minimum absolute atomic E-state index is 0.0450. The van der Waals surface area contributed by atoms with Crippen LogP contribution in [0.1, 0.15) is 35.4 Å². The molecule has 8 heteroatoms. The summed E-state index contributed by atoms with van der Waals surface area (Å²) in [7, 11) is 0. The number of amides is 1. The van der Waals surface area contributed by atoms with Crippen LogP contribution in [0.25, 0.3) is 10.2 Å². The molecule has 1 unspecified atom stereocenters. The molecule has 134 valence electrons. The molecule has 0 aliphatic carbocycles. The van der Waals surface area contributed by atoms with E-state index in [9.17, 15) is 9.90 Å². The van der Waals surface area contributed by atoms with Crippen molar-refractivity contribution in [2.45, 2.75) is 25.5 Å². The number of thiophene rings is 1. The molecule has 1 aliphatic rings. The lowest BCUT2D eigenvalue weighted by atomic mass is 10.1. The first kappa shape index (κ1) is 16.9. The molecule has 3 aromatic heterocycles. The smallest absolute Gasteiger partial charge is 0.274 e. The minimum atomic E-state index is -0.456. The molecular weight excluding hydrogens is 350 g/mol. The third kappa shape index (κ3) is 3.25. The van der Waals surface area contributed by atoms with E-state index in [0.717, 1.165) is 15.8 Å². The number of hydrogen-bond donors (Lipinski definition) is 2. The van der Waals surface area contributed by atoms with Crippen LogP contribution in [0.15, 0.2) is 36.0 Å². The number of nitrogens with one attached hydrogen (secondary N) is 1. The van der Waals surface area contributed by atoms with E-state index >= 15 is 0 Å². The van der Waals surface area contributed by atoms with Crippen LogP contribution in [0.4, 0.5) is 5.95 Å². The van der Waals surface area contributed by atoms with Gasteiger partial charge in [0.1, 0.15) is 0 Å². The summed E-state index contributed by atoms with van der Waals surface area (Å²) in [6.07, 6.45) is 3.67. The van der Waals surface area contributed by atoms with E-state index in [1.165, 1.54) is 11.3 Å². The number of aromatic nitrogens is 3. The lowest BCUT2D eigenvalue weighted by Crippen LogP contribution is -2.30. The van der Waals surface area contributed by atoms with Crippen molar-refractivity contribution in [2.24, 2.45) is 0 Å². The average Bonchev–Trinajstić information content (AvgIpc) is 3.30. The molecule has 1 fully saturated rings. The molecule has 0 aromatic carbocycles. The summed E-state index contributed by atoms with van der Waals surface area (Å²) >= 11 is 1.45.